The Labute approximate surface area is 327 Å². The molecule has 0 aliphatic rings. The number of aromatic nitrogens is 1. The number of para-hydroxylation sites is 3. The number of rotatable bonds is 8. The summed E-state index contributed by atoms with van der Waals surface area (Å²) in [4.78, 5) is 2.47. The van der Waals surface area contributed by atoms with Crippen LogP contribution >= 0.6 is 0 Å². The lowest BCUT2D eigenvalue weighted by molar-refractivity contribution is 1.18. The Bertz CT molecular complexity index is 2940. The molecule has 1 aromatic heterocycles. The smallest absolute Gasteiger partial charge is 0.0562 e. The van der Waals surface area contributed by atoms with Gasteiger partial charge in [0, 0.05) is 27.6 Å². The minimum absolute atomic E-state index is 1.09. The molecule has 10 rings (SSSR count). The first kappa shape index (κ1) is 33.2. The minimum Gasteiger partial charge on any atom is -0.309 e. The molecule has 0 saturated carbocycles. The minimum atomic E-state index is 1.09. The molecule has 2 heteroatoms. The molecule has 0 aliphatic heterocycles. The molecule has 0 amide bonds. The Morgan fingerprint density at radius 1 is 0.286 bits per heavy atom. The Morgan fingerprint density at radius 3 is 1.48 bits per heavy atom. The maximum atomic E-state index is 2.47. The van der Waals surface area contributed by atoms with Crippen molar-refractivity contribution in [3.8, 4) is 50.2 Å². The van der Waals surface area contributed by atoms with Gasteiger partial charge in [-0.3, -0.25) is 0 Å². The SMILES string of the molecule is c1ccc(-c2ccc(N(c3ccccc3-c3ccccc3-c3ccccc3)c3cccc4c3c3ccccc3n4-c3ccccc3-c3ccccc3)cc2)cc1. The highest BCUT2D eigenvalue weighted by molar-refractivity contribution is 6.17. The van der Waals surface area contributed by atoms with E-state index >= 15 is 0 Å². The van der Waals surface area contributed by atoms with Crippen molar-refractivity contribution >= 4 is 38.9 Å². The molecule has 0 unspecified atom stereocenters. The maximum Gasteiger partial charge on any atom is 0.0562 e. The first-order valence-electron chi connectivity index (χ1n) is 19.2. The van der Waals surface area contributed by atoms with Crippen molar-refractivity contribution in [3.05, 3.63) is 231 Å². The van der Waals surface area contributed by atoms with Crippen molar-refractivity contribution in [3.63, 3.8) is 0 Å². The lowest BCUT2D eigenvalue weighted by atomic mass is 9.93. The highest BCUT2D eigenvalue weighted by atomic mass is 15.2. The van der Waals surface area contributed by atoms with E-state index in [9.17, 15) is 0 Å². The highest BCUT2D eigenvalue weighted by Crippen LogP contribution is 2.48. The van der Waals surface area contributed by atoms with E-state index in [1.807, 2.05) is 0 Å². The van der Waals surface area contributed by atoms with Crippen molar-refractivity contribution in [2.45, 2.75) is 0 Å². The number of hydrogen-bond donors (Lipinski definition) is 0. The van der Waals surface area contributed by atoms with E-state index in [0.717, 1.165) is 33.8 Å². The Kier molecular flexibility index (Phi) is 8.55. The molecule has 10 aromatic rings. The Morgan fingerprint density at radius 2 is 0.768 bits per heavy atom. The fourth-order valence-corrected chi connectivity index (χ4v) is 8.30. The van der Waals surface area contributed by atoms with Crippen LogP contribution in [0.5, 0.6) is 0 Å². The summed E-state index contributed by atoms with van der Waals surface area (Å²) in [5, 5.41) is 2.40. The molecule has 264 valence electrons. The van der Waals surface area contributed by atoms with Gasteiger partial charge in [-0.15, -0.1) is 0 Å². The number of anilines is 3. The van der Waals surface area contributed by atoms with E-state index in [1.54, 1.807) is 0 Å². The molecule has 56 heavy (non-hydrogen) atoms. The van der Waals surface area contributed by atoms with E-state index in [4.69, 9.17) is 0 Å². The number of nitrogens with zero attached hydrogens (tertiary/aromatic N) is 2. The summed E-state index contributed by atoms with van der Waals surface area (Å²) in [6.45, 7) is 0. The molecular formula is C54H38N2. The molecule has 0 atom stereocenters. The van der Waals surface area contributed by atoms with Crippen LogP contribution in [-0.4, -0.2) is 4.57 Å². The van der Waals surface area contributed by atoms with Crippen LogP contribution in [0.2, 0.25) is 0 Å². The monoisotopic (exact) mass is 714 g/mol. The highest BCUT2D eigenvalue weighted by Gasteiger charge is 2.24. The van der Waals surface area contributed by atoms with Crippen LogP contribution < -0.4 is 4.90 Å². The van der Waals surface area contributed by atoms with Gasteiger partial charge in [-0.1, -0.05) is 188 Å². The van der Waals surface area contributed by atoms with E-state index in [0.29, 0.717) is 0 Å². The van der Waals surface area contributed by atoms with E-state index in [2.05, 4.69) is 240 Å². The van der Waals surface area contributed by atoms with Crippen molar-refractivity contribution in [1.29, 1.82) is 0 Å². The van der Waals surface area contributed by atoms with Crippen molar-refractivity contribution in [2.75, 3.05) is 4.90 Å². The molecule has 0 N–H and O–H groups in total. The molecule has 0 bridgehead atoms. The number of benzene rings is 9. The third-order valence-corrected chi connectivity index (χ3v) is 10.8. The zero-order valence-electron chi connectivity index (χ0n) is 30.8. The largest absolute Gasteiger partial charge is 0.309 e. The summed E-state index contributed by atoms with van der Waals surface area (Å²) in [6, 6.07) is 83.1. The second-order valence-corrected chi connectivity index (χ2v) is 14.1. The summed E-state index contributed by atoms with van der Waals surface area (Å²) < 4.78 is 2.45. The third kappa shape index (κ3) is 5.85. The molecular weight excluding hydrogens is 677 g/mol. The zero-order valence-corrected chi connectivity index (χ0v) is 30.8. The van der Waals surface area contributed by atoms with Gasteiger partial charge in [0.05, 0.1) is 28.1 Å². The quantitative estimate of drug-likeness (QED) is 0.152. The van der Waals surface area contributed by atoms with Gasteiger partial charge in [0.2, 0.25) is 0 Å². The van der Waals surface area contributed by atoms with Gasteiger partial charge in [0.1, 0.15) is 0 Å². The first-order valence-corrected chi connectivity index (χ1v) is 19.2. The summed E-state index contributed by atoms with van der Waals surface area (Å²) in [6.07, 6.45) is 0. The maximum absolute atomic E-state index is 2.47. The van der Waals surface area contributed by atoms with Gasteiger partial charge in [-0.05, 0) is 75.8 Å². The predicted molar refractivity (Wildman–Crippen MR) is 237 cm³/mol. The molecule has 0 saturated heterocycles. The molecule has 9 aromatic carbocycles. The fraction of sp³-hybridized carbons (Fsp3) is 0. The lowest BCUT2D eigenvalue weighted by Gasteiger charge is -2.29. The molecule has 1 heterocycles. The number of hydrogen-bond acceptors (Lipinski definition) is 1. The third-order valence-electron chi connectivity index (χ3n) is 10.8. The van der Waals surface area contributed by atoms with Gasteiger partial charge >= 0.3 is 0 Å². The fourth-order valence-electron chi connectivity index (χ4n) is 8.30. The first-order chi connectivity index (χ1) is 27.8. The van der Waals surface area contributed by atoms with Crippen molar-refractivity contribution < 1.29 is 0 Å². The Hall–Kier alpha value is -7.42. The zero-order chi connectivity index (χ0) is 37.3. The van der Waals surface area contributed by atoms with E-state index < -0.39 is 0 Å². The van der Waals surface area contributed by atoms with Crippen LogP contribution in [0.1, 0.15) is 0 Å². The lowest BCUT2D eigenvalue weighted by Crippen LogP contribution is -2.12. The van der Waals surface area contributed by atoms with E-state index in [-0.39, 0.29) is 0 Å². The topological polar surface area (TPSA) is 8.17 Å². The van der Waals surface area contributed by atoms with E-state index in [1.165, 1.54) is 55.2 Å². The van der Waals surface area contributed by atoms with Gasteiger partial charge in [0.25, 0.3) is 0 Å². The van der Waals surface area contributed by atoms with Crippen molar-refractivity contribution in [2.24, 2.45) is 0 Å². The average Bonchev–Trinajstić information content (AvgIpc) is 3.63. The van der Waals surface area contributed by atoms with Crippen molar-refractivity contribution in [1.82, 2.24) is 4.57 Å². The summed E-state index contributed by atoms with van der Waals surface area (Å²) in [5.74, 6) is 0. The summed E-state index contributed by atoms with van der Waals surface area (Å²) in [7, 11) is 0. The van der Waals surface area contributed by atoms with Crippen LogP contribution in [0, 0.1) is 0 Å². The van der Waals surface area contributed by atoms with Crippen LogP contribution in [-0.2, 0) is 0 Å². The molecule has 0 aliphatic carbocycles. The second kappa shape index (κ2) is 14.4. The average molecular weight is 715 g/mol. The molecule has 2 nitrogen and oxygen atoms in total. The van der Waals surface area contributed by atoms with Gasteiger partial charge < -0.3 is 9.47 Å². The molecule has 0 spiro atoms. The van der Waals surface area contributed by atoms with Crippen LogP contribution in [0.25, 0.3) is 72.0 Å². The standard InChI is InChI=1S/C54H38N2/c1-4-19-39(20-5-1)40-35-37-43(38-36-40)55(50-31-16-13-28-47(50)46-27-11-10-25-44(46)41-21-6-2-7-22-41)52-33-18-34-53-54(52)48-29-14-17-32-51(48)56(53)49-30-15-12-26-45(49)42-23-8-3-9-24-42/h1-38H. The van der Waals surface area contributed by atoms with Gasteiger partial charge in [-0.25, -0.2) is 0 Å². The predicted octanol–water partition coefficient (Wildman–Crippen LogP) is 14.9. The van der Waals surface area contributed by atoms with Gasteiger partial charge in [0.15, 0.2) is 0 Å². The Balaban J connectivity index is 1.25. The van der Waals surface area contributed by atoms with Gasteiger partial charge in [-0.2, -0.15) is 0 Å². The van der Waals surface area contributed by atoms with Crippen LogP contribution in [0.4, 0.5) is 17.1 Å². The summed E-state index contributed by atoms with van der Waals surface area (Å²) >= 11 is 0. The van der Waals surface area contributed by atoms with Crippen LogP contribution in [0.15, 0.2) is 231 Å². The summed E-state index contributed by atoms with van der Waals surface area (Å²) in [5.41, 5.74) is 16.3. The number of fused-ring (bicyclic) bond motifs is 3. The second-order valence-electron chi connectivity index (χ2n) is 14.1. The molecule has 0 fully saturated rings. The molecule has 0 radical (unpaired) electrons. The van der Waals surface area contributed by atoms with Crippen LogP contribution in [0.3, 0.4) is 0 Å². The normalized spacial score (nSPS) is 11.2.